The molecule has 0 radical (unpaired) electrons. The molecule has 3 nitrogen and oxygen atoms in total. The molecular weight excluding hydrogens is 198 g/mol. The average molecular weight is 199 g/mol. The molecule has 1 heterocycles. The molecule has 0 spiro atoms. The van der Waals surface area contributed by atoms with E-state index < -0.39 is 0 Å². The van der Waals surface area contributed by atoms with Crippen molar-refractivity contribution in [2.75, 3.05) is 0 Å². The highest BCUT2D eigenvalue weighted by molar-refractivity contribution is 6.40. The van der Waals surface area contributed by atoms with Crippen LogP contribution in [0.15, 0.2) is 6.20 Å². The van der Waals surface area contributed by atoms with E-state index in [4.69, 9.17) is 34.8 Å². The van der Waals surface area contributed by atoms with Crippen molar-refractivity contribution in [3.05, 3.63) is 26.9 Å². The summed E-state index contributed by atoms with van der Waals surface area (Å²) < 4.78 is 0.346. The largest absolute Gasteiger partial charge is 0.617 e. The molecule has 0 saturated heterocycles. The second-order valence-corrected chi connectivity index (χ2v) is 2.57. The third-order valence-corrected chi connectivity index (χ3v) is 1.68. The predicted octanol–water partition coefficient (Wildman–Crippen LogP) is 1.68. The number of hydrogen-bond acceptors (Lipinski definition) is 2. The van der Waals surface area contributed by atoms with Gasteiger partial charge in [-0.15, -0.1) is 0 Å². The minimum atomic E-state index is -0.175. The fourth-order valence-electron chi connectivity index (χ4n) is 0.413. The number of hydrogen-bond donors (Lipinski definition) is 0. The molecule has 1 rings (SSSR count). The van der Waals surface area contributed by atoms with Gasteiger partial charge in [-0.2, -0.15) is 4.73 Å². The van der Waals surface area contributed by atoms with E-state index in [2.05, 4.69) is 4.98 Å². The molecule has 0 bridgehead atoms. The second kappa shape index (κ2) is 2.78. The van der Waals surface area contributed by atoms with Crippen LogP contribution in [0.5, 0.6) is 0 Å². The van der Waals surface area contributed by atoms with Gasteiger partial charge < -0.3 is 5.21 Å². The zero-order valence-electron chi connectivity index (χ0n) is 4.51. The van der Waals surface area contributed by atoms with Gasteiger partial charge in [-0.05, 0) is 11.6 Å². The van der Waals surface area contributed by atoms with Gasteiger partial charge in [-0.25, -0.2) is 4.98 Å². The van der Waals surface area contributed by atoms with Crippen LogP contribution in [0, 0.1) is 5.21 Å². The van der Waals surface area contributed by atoms with Crippen LogP contribution >= 0.6 is 34.8 Å². The maximum absolute atomic E-state index is 10.6. The summed E-state index contributed by atoms with van der Waals surface area (Å²) in [6.07, 6.45) is 1.02. The monoisotopic (exact) mass is 198 g/mol. The molecule has 1 aromatic rings. The Hall–Kier alpha value is -0.250. The van der Waals surface area contributed by atoms with Crippen LogP contribution in [0.25, 0.3) is 0 Å². The molecule has 54 valence electrons. The summed E-state index contributed by atoms with van der Waals surface area (Å²) in [5.74, 6) is 0. The first-order valence-corrected chi connectivity index (χ1v) is 3.35. The van der Waals surface area contributed by atoms with Crippen molar-refractivity contribution in [3.63, 3.8) is 0 Å². The molecule has 0 amide bonds. The summed E-state index contributed by atoms with van der Waals surface area (Å²) in [7, 11) is 0. The first kappa shape index (κ1) is 7.85. The lowest BCUT2D eigenvalue weighted by Gasteiger charge is -1.97. The van der Waals surface area contributed by atoms with E-state index in [0.29, 0.717) is 4.73 Å². The Kier molecular flexibility index (Phi) is 2.18. The summed E-state index contributed by atoms with van der Waals surface area (Å²) in [6.45, 7) is 0. The molecule has 0 aliphatic heterocycles. The van der Waals surface area contributed by atoms with Gasteiger partial charge in [0.05, 0.1) is 0 Å². The van der Waals surface area contributed by atoms with Gasteiger partial charge in [-0.1, -0.05) is 23.2 Å². The lowest BCUT2D eigenvalue weighted by Crippen LogP contribution is -2.27. The molecule has 0 N–H and O–H groups in total. The first-order valence-electron chi connectivity index (χ1n) is 2.22. The number of halogens is 3. The summed E-state index contributed by atoms with van der Waals surface area (Å²) in [4.78, 5) is 3.51. The Morgan fingerprint density at radius 3 is 2.50 bits per heavy atom. The number of nitrogens with zero attached hydrogens (tertiary/aromatic N) is 2. The van der Waals surface area contributed by atoms with Crippen LogP contribution in [-0.2, 0) is 0 Å². The van der Waals surface area contributed by atoms with E-state index in [1.165, 1.54) is 0 Å². The average Bonchev–Trinajstić information content (AvgIpc) is 1.82. The highest BCUT2D eigenvalue weighted by Crippen LogP contribution is 2.15. The maximum Gasteiger partial charge on any atom is 0.324 e. The molecule has 6 heteroatoms. The van der Waals surface area contributed by atoms with E-state index in [-0.39, 0.29) is 15.5 Å². The van der Waals surface area contributed by atoms with Crippen molar-refractivity contribution in [1.29, 1.82) is 0 Å². The molecule has 0 aliphatic carbocycles. The zero-order valence-corrected chi connectivity index (χ0v) is 6.78. The van der Waals surface area contributed by atoms with Gasteiger partial charge in [-0.3, -0.25) is 0 Å². The van der Waals surface area contributed by atoms with Gasteiger partial charge in [0, 0.05) is 0 Å². The van der Waals surface area contributed by atoms with Gasteiger partial charge in [0.25, 0.3) is 0 Å². The smallest absolute Gasteiger partial charge is 0.324 e. The quantitative estimate of drug-likeness (QED) is 0.471. The van der Waals surface area contributed by atoms with Crippen LogP contribution in [0.1, 0.15) is 0 Å². The minimum absolute atomic E-state index is 0.0180. The van der Waals surface area contributed by atoms with Crippen molar-refractivity contribution >= 4 is 34.8 Å². The molecule has 0 aliphatic rings. The third-order valence-electron chi connectivity index (χ3n) is 0.792. The van der Waals surface area contributed by atoms with Crippen molar-refractivity contribution < 1.29 is 4.73 Å². The Labute approximate surface area is 71.7 Å². The topological polar surface area (TPSA) is 39.8 Å². The van der Waals surface area contributed by atoms with Gasteiger partial charge in [0.2, 0.25) is 11.3 Å². The molecule has 10 heavy (non-hydrogen) atoms. The van der Waals surface area contributed by atoms with Crippen molar-refractivity contribution in [1.82, 2.24) is 4.98 Å². The summed E-state index contributed by atoms with van der Waals surface area (Å²) in [6, 6.07) is 0. The van der Waals surface area contributed by atoms with Crippen LogP contribution in [0.4, 0.5) is 0 Å². The minimum Gasteiger partial charge on any atom is -0.617 e. The lowest BCUT2D eigenvalue weighted by molar-refractivity contribution is -0.603. The Bertz CT molecular complexity index is 242. The maximum atomic E-state index is 10.6. The Morgan fingerprint density at radius 1 is 1.40 bits per heavy atom. The van der Waals surface area contributed by atoms with E-state index in [1.54, 1.807) is 0 Å². The van der Waals surface area contributed by atoms with Gasteiger partial charge in [0.15, 0.2) is 5.15 Å². The molecule has 0 atom stereocenters. The second-order valence-electron chi connectivity index (χ2n) is 1.47. The van der Waals surface area contributed by atoms with Crippen molar-refractivity contribution in [2.24, 2.45) is 0 Å². The fourth-order valence-corrected chi connectivity index (χ4v) is 0.895. The normalized spacial score (nSPS) is 9.90. The van der Waals surface area contributed by atoms with Crippen LogP contribution in [-0.4, -0.2) is 4.98 Å². The first-order chi connectivity index (χ1) is 4.61. The number of aromatic nitrogens is 2. The highest BCUT2D eigenvalue weighted by atomic mass is 35.5. The van der Waals surface area contributed by atoms with E-state index >= 15 is 0 Å². The predicted molar refractivity (Wildman–Crippen MR) is 38.2 cm³/mol. The van der Waals surface area contributed by atoms with Crippen molar-refractivity contribution in [3.8, 4) is 0 Å². The highest BCUT2D eigenvalue weighted by Gasteiger charge is 2.10. The zero-order chi connectivity index (χ0) is 7.72. The SMILES string of the molecule is [O-][n+]1cc(Cl)nc(Cl)c1Cl. The molecule has 1 aromatic heterocycles. The summed E-state index contributed by atoms with van der Waals surface area (Å²) in [5.41, 5.74) is 0. The fraction of sp³-hybridized carbons (Fsp3) is 0. The third kappa shape index (κ3) is 1.42. The van der Waals surface area contributed by atoms with E-state index in [0.717, 1.165) is 6.20 Å². The molecule has 0 unspecified atom stereocenters. The van der Waals surface area contributed by atoms with E-state index in [9.17, 15) is 5.21 Å². The van der Waals surface area contributed by atoms with Crippen molar-refractivity contribution in [2.45, 2.75) is 0 Å². The van der Waals surface area contributed by atoms with Gasteiger partial charge >= 0.3 is 5.15 Å². The van der Waals surface area contributed by atoms with Gasteiger partial charge in [0.1, 0.15) is 0 Å². The molecule has 0 aromatic carbocycles. The molecule has 0 fully saturated rings. The molecular formula is C4HCl3N2O. The summed E-state index contributed by atoms with van der Waals surface area (Å²) >= 11 is 16.1. The van der Waals surface area contributed by atoms with Crippen LogP contribution < -0.4 is 4.73 Å². The standard InChI is InChI=1S/C4HCl3N2O/c5-2-1-9(10)4(7)3(6)8-2/h1H. The lowest BCUT2D eigenvalue weighted by atomic mass is 10.7. The molecule has 0 saturated carbocycles. The van der Waals surface area contributed by atoms with E-state index in [1.807, 2.05) is 0 Å². The van der Waals surface area contributed by atoms with Crippen LogP contribution in [0.3, 0.4) is 0 Å². The van der Waals surface area contributed by atoms with Crippen LogP contribution in [0.2, 0.25) is 15.5 Å². The number of rotatable bonds is 0. The Morgan fingerprint density at radius 2 is 2.00 bits per heavy atom. The Balaban J connectivity index is 3.31. The summed E-state index contributed by atoms with van der Waals surface area (Å²) in [5, 5.41) is 10.4.